The summed E-state index contributed by atoms with van der Waals surface area (Å²) in [5.41, 5.74) is 11.3. The number of carboxylic acid groups (broad SMARTS) is 2. The molecule has 15 N–H and O–H groups in total. The number of aliphatic carboxylic acids is 2. The third-order valence-electron chi connectivity index (χ3n) is 8.50. The van der Waals surface area contributed by atoms with Gasteiger partial charge >= 0.3 is 11.9 Å². The number of amides is 10. The Kier molecular flexibility index (Phi) is 23.6. The van der Waals surface area contributed by atoms with E-state index in [2.05, 4.69) is 47.9 Å². The molecule has 348 valence electrons. The van der Waals surface area contributed by atoms with Gasteiger partial charge in [0.1, 0.15) is 36.8 Å². The summed E-state index contributed by atoms with van der Waals surface area (Å²) >= 11 is 0. The van der Waals surface area contributed by atoms with E-state index in [1.54, 1.807) is 58.0 Å². The van der Waals surface area contributed by atoms with E-state index in [0.717, 1.165) is 0 Å². The fraction of sp³-hybridized carbons (Fsp3) is 0.526. The summed E-state index contributed by atoms with van der Waals surface area (Å²) in [6.45, 7) is 3.32. The highest BCUT2D eigenvalue weighted by molar-refractivity contribution is 5.98. The van der Waals surface area contributed by atoms with Gasteiger partial charge in [-0.05, 0) is 23.8 Å². The van der Waals surface area contributed by atoms with Gasteiger partial charge in [-0.15, -0.1) is 0 Å². The van der Waals surface area contributed by atoms with Crippen molar-refractivity contribution < 1.29 is 67.7 Å². The Hall–Kier alpha value is -7.18. The van der Waals surface area contributed by atoms with Crippen LogP contribution in [0, 0.1) is 11.8 Å². The smallest absolute Gasteiger partial charge is 0.322 e. The molecular weight excluding hydrogens is 834 g/mol. The van der Waals surface area contributed by atoms with E-state index in [-0.39, 0.29) is 18.8 Å². The van der Waals surface area contributed by atoms with Crippen molar-refractivity contribution >= 4 is 71.0 Å². The molecule has 0 saturated carbocycles. The largest absolute Gasteiger partial charge is 0.481 e. The molecule has 10 amide bonds. The molecule has 0 heterocycles. The predicted octanol–water partition coefficient (Wildman–Crippen LogP) is -5.79. The summed E-state index contributed by atoms with van der Waals surface area (Å²) < 4.78 is 0. The minimum absolute atomic E-state index is 0.0538. The SMILES string of the molecule is CC(C)C[C@H](NC(=O)[C@H](CC(=O)O)NC(=O)[C@H](Cc1ccccc1)NC(=O)CN)C(=O)N[C@@H](CC(N)=O)C(=O)NCC(=O)NCC(=O)NCC(=O)N[C@H](C(=O)NCC(=O)O)C(C)C. The first-order chi connectivity index (χ1) is 29.5. The molecule has 0 aliphatic heterocycles. The highest BCUT2D eigenvalue weighted by Crippen LogP contribution is 2.09. The maximum Gasteiger partial charge on any atom is 0.322 e. The standard InChI is InChI=1S/C38H57N11O14/c1-19(2)10-22(46-37(62)25(13-31(55)56)48-36(61)23(45-27(51)14-39)11-21-8-6-5-7-9-21)35(60)47-24(12-26(40)50)34(59)43-16-29(53)41-15-28(52)42-17-30(54)49-33(20(3)4)38(63)44-18-32(57)58/h5-9,19-20,22-25,33H,10-18,39H2,1-4H3,(H2,40,50)(H,41,53)(H,42,52)(H,43,59)(H,44,63)(H,45,51)(H,46,62)(H,47,60)(H,48,61)(H,49,54)(H,55,56)(H,57,58)/t22-,23-,24-,25-,33-/m0/s1. The topological polar surface area (TPSA) is 406 Å². The Morgan fingerprint density at radius 3 is 1.52 bits per heavy atom. The monoisotopic (exact) mass is 891 g/mol. The van der Waals surface area contributed by atoms with Gasteiger partial charge in [-0.1, -0.05) is 58.0 Å². The van der Waals surface area contributed by atoms with E-state index >= 15 is 0 Å². The zero-order valence-electron chi connectivity index (χ0n) is 35.2. The molecule has 0 radical (unpaired) electrons. The summed E-state index contributed by atoms with van der Waals surface area (Å²) in [7, 11) is 0. The number of hydrogen-bond acceptors (Lipinski definition) is 13. The van der Waals surface area contributed by atoms with E-state index in [1.807, 2.05) is 0 Å². The van der Waals surface area contributed by atoms with Crippen LogP contribution in [0.3, 0.4) is 0 Å². The Labute approximate surface area is 361 Å². The Morgan fingerprint density at radius 2 is 1.02 bits per heavy atom. The van der Waals surface area contributed by atoms with E-state index in [0.29, 0.717) is 5.56 Å². The van der Waals surface area contributed by atoms with Gasteiger partial charge in [-0.25, -0.2) is 0 Å². The lowest BCUT2D eigenvalue weighted by Crippen LogP contribution is -2.59. The maximum atomic E-state index is 13.5. The van der Waals surface area contributed by atoms with Gasteiger partial charge in [0.25, 0.3) is 0 Å². The first kappa shape index (κ1) is 53.8. The summed E-state index contributed by atoms with van der Waals surface area (Å²) in [6.07, 6.45) is -1.87. The van der Waals surface area contributed by atoms with Crippen molar-refractivity contribution in [2.45, 2.75) is 83.6 Å². The van der Waals surface area contributed by atoms with Gasteiger partial charge in [-0.3, -0.25) is 57.5 Å². The number of nitrogens with one attached hydrogen (secondary N) is 9. The zero-order valence-corrected chi connectivity index (χ0v) is 35.2. The van der Waals surface area contributed by atoms with Crippen molar-refractivity contribution in [3.63, 3.8) is 0 Å². The number of benzene rings is 1. The normalized spacial score (nSPS) is 13.1. The number of carboxylic acids is 2. The molecule has 0 spiro atoms. The van der Waals surface area contributed by atoms with Crippen molar-refractivity contribution in [1.82, 2.24) is 47.9 Å². The molecule has 5 atom stereocenters. The van der Waals surface area contributed by atoms with Gasteiger partial charge in [-0.2, -0.15) is 0 Å². The number of rotatable bonds is 28. The van der Waals surface area contributed by atoms with Gasteiger partial charge in [0, 0.05) is 6.42 Å². The molecule has 0 fully saturated rings. The lowest BCUT2D eigenvalue weighted by molar-refractivity contribution is -0.141. The highest BCUT2D eigenvalue weighted by atomic mass is 16.4. The van der Waals surface area contributed by atoms with Crippen LogP contribution in [0.4, 0.5) is 0 Å². The molecule has 1 aromatic carbocycles. The number of carbonyl (C=O) groups is 12. The van der Waals surface area contributed by atoms with Crippen LogP contribution in [0.15, 0.2) is 30.3 Å². The minimum Gasteiger partial charge on any atom is -0.481 e. The quantitative estimate of drug-likeness (QED) is 0.0373. The first-order valence-electron chi connectivity index (χ1n) is 19.6. The fourth-order valence-electron chi connectivity index (χ4n) is 5.43. The van der Waals surface area contributed by atoms with E-state index in [1.165, 1.54) is 0 Å². The molecule has 1 aromatic rings. The van der Waals surface area contributed by atoms with Crippen LogP contribution in [0.25, 0.3) is 0 Å². The number of carbonyl (C=O) groups excluding carboxylic acids is 10. The predicted molar refractivity (Wildman–Crippen MR) is 219 cm³/mol. The second kappa shape index (κ2) is 27.6. The average molecular weight is 892 g/mol. The molecular formula is C38H57N11O14. The summed E-state index contributed by atoms with van der Waals surface area (Å²) in [4.78, 5) is 149. The molecule has 0 saturated heterocycles. The first-order valence-corrected chi connectivity index (χ1v) is 19.6. The van der Waals surface area contributed by atoms with Crippen molar-refractivity contribution in [3.8, 4) is 0 Å². The zero-order chi connectivity index (χ0) is 47.8. The second-order valence-corrected chi connectivity index (χ2v) is 14.8. The van der Waals surface area contributed by atoms with Crippen LogP contribution in [0.2, 0.25) is 0 Å². The number of primary amides is 1. The van der Waals surface area contributed by atoms with Crippen LogP contribution in [0.1, 0.15) is 52.5 Å². The van der Waals surface area contributed by atoms with E-state index in [4.69, 9.17) is 16.6 Å². The lowest BCUT2D eigenvalue weighted by atomic mass is 10.0. The Balaban J connectivity index is 2.95. The maximum absolute atomic E-state index is 13.5. The number of hydrogen-bond donors (Lipinski definition) is 13. The summed E-state index contributed by atoms with van der Waals surface area (Å²) in [5, 5.41) is 38.7. The molecule has 0 aliphatic carbocycles. The minimum atomic E-state index is -1.77. The van der Waals surface area contributed by atoms with E-state index in [9.17, 15) is 62.6 Å². The summed E-state index contributed by atoms with van der Waals surface area (Å²) in [6, 6.07) is 1.11. The molecule has 0 bridgehead atoms. The van der Waals surface area contributed by atoms with Crippen LogP contribution < -0.4 is 59.3 Å². The van der Waals surface area contributed by atoms with Crippen molar-refractivity contribution in [2.75, 3.05) is 32.7 Å². The van der Waals surface area contributed by atoms with Crippen LogP contribution in [-0.4, -0.2) is 144 Å². The number of nitrogens with two attached hydrogens (primary N) is 2. The molecule has 0 unspecified atom stereocenters. The Bertz CT molecular complexity index is 1830. The summed E-state index contributed by atoms with van der Waals surface area (Å²) in [5.74, 6) is -12.8. The third-order valence-corrected chi connectivity index (χ3v) is 8.50. The third kappa shape index (κ3) is 22.3. The Morgan fingerprint density at radius 1 is 0.524 bits per heavy atom. The van der Waals surface area contributed by atoms with Crippen molar-refractivity contribution in [1.29, 1.82) is 0 Å². The highest BCUT2D eigenvalue weighted by Gasteiger charge is 2.33. The fourth-order valence-corrected chi connectivity index (χ4v) is 5.43. The molecule has 0 aromatic heterocycles. The van der Waals surface area contributed by atoms with Crippen LogP contribution in [-0.2, 0) is 64.0 Å². The average Bonchev–Trinajstić information content (AvgIpc) is 3.20. The molecule has 25 heteroatoms. The lowest BCUT2D eigenvalue weighted by Gasteiger charge is -2.26. The van der Waals surface area contributed by atoms with Gasteiger partial charge < -0.3 is 69.5 Å². The van der Waals surface area contributed by atoms with Gasteiger partial charge in [0.05, 0.1) is 39.0 Å². The molecule has 63 heavy (non-hydrogen) atoms. The van der Waals surface area contributed by atoms with Crippen molar-refractivity contribution in [2.24, 2.45) is 23.3 Å². The van der Waals surface area contributed by atoms with Gasteiger partial charge in [0.15, 0.2) is 0 Å². The van der Waals surface area contributed by atoms with Crippen molar-refractivity contribution in [3.05, 3.63) is 35.9 Å². The van der Waals surface area contributed by atoms with Crippen LogP contribution >= 0.6 is 0 Å². The van der Waals surface area contributed by atoms with Gasteiger partial charge in [0.2, 0.25) is 59.1 Å². The second-order valence-electron chi connectivity index (χ2n) is 14.8. The molecule has 1 rings (SSSR count). The van der Waals surface area contributed by atoms with E-state index < -0.39 is 153 Å². The molecule has 0 aliphatic rings. The van der Waals surface area contributed by atoms with Crippen LogP contribution in [0.5, 0.6) is 0 Å². The molecule has 25 nitrogen and oxygen atoms in total.